The van der Waals surface area contributed by atoms with Crippen LogP contribution in [0.2, 0.25) is 0 Å². The Morgan fingerprint density at radius 2 is 2.29 bits per heavy atom. The van der Waals surface area contributed by atoms with E-state index in [1.165, 1.54) is 6.08 Å². The lowest BCUT2D eigenvalue weighted by Crippen LogP contribution is -2.06. The molecule has 0 saturated heterocycles. The highest BCUT2D eigenvalue weighted by molar-refractivity contribution is 5.90. The maximum Gasteiger partial charge on any atom is 0.338 e. The summed E-state index contributed by atoms with van der Waals surface area (Å²) in [6, 6.07) is 5.13. The normalized spacial score (nSPS) is 9.50. The van der Waals surface area contributed by atoms with Gasteiger partial charge >= 0.3 is 5.97 Å². The Bertz CT molecular complexity index is 338. The number of nitrogens with two attached hydrogens (primary N) is 1. The fourth-order valence-electron chi connectivity index (χ4n) is 1.15. The van der Waals surface area contributed by atoms with Gasteiger partial charge in [0.1, 0.15) is 6.61 Å². The zero-order chi connectivity index (χ0) is 10.6. The number of benzene rings is 1. The summed E-state index contributed by atoms with van der Waals surface area (Å²) in [6.07, 6.45) is 1.52. The standard InChI is InChI=1S/C11H13NO2/c1-3-4-14-11(13)9-5-8(2)6-10(12)7-9/h3,5-7H,1,4,12H2,2H3. The molecule has 1 aromatic rings. The molecule has 1 rings (SSSR count). The highest BCUT2D eigenvalue weighted by atomic mass is 16.5. The van der Waals surface area contributed by atoms with Crippen molar-refractivity contribution < 1.29 is 9.53 Å². The zero-order valence-corrected chi connectivity index (χ0v) is 8.12. The summed E-state index contributed by atoms with van der Waals surface area (Å²) in [4.78, 5) is 11.4. The van der Waals surface area contributed by atoms with Crippen molar-refractivity contribution in [3.8, 4) is 0 Å². The van der Waals surface area contributed by atoms with Gasteiger partial charge in [-0.25, -0.2) is 4.79 Å². The van der Waals surface area contributed by atoms with Crippen molar-refractivity contribution >= 4 is 11.7 Å². The molecule has 0 aromatic heterocycles. The topological polar surface area (TPSA) is 52.3 Å². The van der Waals surface area contributed by atoms with Crippen molar-refractivity contribution in [3.05, 3.63) is 42.0 Å². The van der Waals surface area contributed by atoms with E-state index in [2.05, 4.69) is 6.58 Å². The van der Waals surface area contributed by atoms with Crippen LogP contribution >= 0.6 is 0 Å². The minimum atomic E-state index is -0.375. The Kier molecular flexibility index (Phi) is 3.29. The number of anilines is 1. The lowest BCUT2D eigenvalue weighted by molar-refractivity contribution is 0.0549. The summed E-state index contributed by atoms with van der Waals surface area (Å²) in [5.41, 5.74) is 7.58. The van der Waals surface area contributed by atoms with Gasteiger partial charge in [0.15, 0.2) is 0 Å². The van der Waals surface area contributed by atoms with Crippen molar-refractivity contribution in [1.29, 1.82) is 0 Å². The molecule has 2 N–H and O–H groups in total. The SMILES string of the molecule is C=CCOC(=O)c1cc(C)cc(N)c1. The molecule has 0 aliphatic heterocycles. The Hall–Kier alpha value is -1.77. The first-order valence-electron chi connectivity index (χ1n) is 4.28. The lowest BCUT2D eigenvalue weighted by atomic mass is 10.1. The fourth-order valence-corrected chi connectivity index (χ4v) is 1.15. The summed E-state index contributed by atoms with van der Waals surface area (Å²) in [5, 5.41) is 0. The van der Waals surface area contributed by atoms with Gasteiger partial charge in [0.25, 0.3) is 0 Å². The van der Waals surface area contributed by atoms with E-state index in [0.29, 0.717) is 11.3 Å². The van der Waals surface area contributed by atoms with E-state index in [1.807, 2.05) is 6.92 Å². The van der Waals surface area contributed by atoms with E-state index in [4.69, 9.17) is 10.5 Å². The number of carbonyl (C=O) groups excluding carboxylic acids is 1. The number of aryl methyl sites for hydroxylation is 1. The second-order valence-corrected chi connectivity index (χ2v) is 3.02. The second-order valence-electron chi connectivity index (χ2n) is 3.02. The Labute approximate surface area is 83.2 Å². The molecule has 0 saturated carbocycles. The van der Waals surface area contributed by atoms with E-state index in [1.54, 1.807) is 18.2 Å². The largest absolute Gasteiger partial charge is 0.458 e. The van der Waals surface area contributed by atoms with Crippen molar-refractivity contribution in [1.82, 2.24) is 0 Å². The molecule has 3 nitrogen and oxygen atoms in total. The molecule has 3 heteroatoms. The van der Waals surface area contributed by atoms with Crippen LogP contribution in [0.4, 0.5) is 5.69 Å². The molecule has 0 spiro atoms. The molecule has 0 aliphatic carbocycles. The van der Waals surface area contributed by atoms with E-state index in [-0.39, 0.29) is 12.6 Å². The maximum atomic E-state index is 11.4. The first-order valence-corrected chi connectivity index (χ1v) is 4.28. The molecular weight excluding hydrogens is 178 g/mol. The third kappa shape index (κ3) is 2.62. The summed E-state index contributed by atoms with van der Waals surface area (Å²) >= 11 is 0. The molecule has 0 amide bonds. The number of ether oxygens (including phenoxy) is 1. The van der Waals surface area contributed by atoms with Crippen LogP contribution in [-0.4, -0.2) is 12.6 Å². The number of carbonyl (C=O) groups is 1. The van der Waals surface area contributed by atoms with Gasteiger partial charge in [-0.3, -0.25) is 0 Å². The zero-order valence-electron chi connectivity index (χ0n) is 8.12. The number of nitrogen functional groups attached to an aromatic ring is 1. The van der Waals surface area contributed by atoms with Crippen LogP contribution in [0.25, 0.3) is 0 Å². The van der Waals surface area contributed by atoms with Crippen LogP contribution in [0.5, 0.6) is 0 Å². The van der Waals surface area contributed by atoms with Crippen molar-refractivity contribution in [2.24, 2.45) is 0 Å². The van der Waals surface area contributed by atoms with Gasteiger partial charge in [0.2, 0.25) is 0 Å². The van der Waals surface area contributed by atoms with Crippen molar-refractivity contribution in [2.45, 2.75) is 6.92 Å². The van der Waals surface area contributed by atoms with Crippen LogP contribution in [0.15, 0.2) is 30.9 Å². The lowest BCUT2D eigenvalue weighted by Gasteiger charge is -2.04. The number of hydrogen-bond donors (Lipinski definition) is 1. The van der Waals surface area contributed by atoms with Crippen LogP contribution in [-0.2, 0) is 4.74 Å². The number of esters is 1. The van der Waals surface area contributed by atoms with Crippen LogP contribution in [0.1, 0.15) is 15.9 Å². The summed E-state index contributed by atoms with van der Waals surface area (Å²) < 4.78 is 4.87. The molecule has 14 heavy (non-hydrogen) atoms. The second kappa shape index (κ2) is 4.46. The Morgan fingerprint density at radius 3 is 2.86 bits per heavy atom. The molecule has 0 unspecified atom stereocenters. The van der Waals surface area contributed by atoms with Crippen LogP contribution in [0.3, 0.4) is 0 Å². The smallest absolute Gasteiger partial charge is 0.338 e. The quantitative estimate of drug-likeness (QED) is 0.451. The summed E-state index contributed by atoms with van der Waals surface area (Å²) in [7, 11) is 0. The minimum absolute atomic E-state index is 0.215. The summed E-state index contributed by atoms with van der Waals surface area (Å²) in [6.45, 7) is 5.55. The third-order valence-corrected chi connectivity index (χ3v) is 1.67. The van der Waals surface area contributed by atoms with E-state index in [0.717, 1.165) is 5.56 Å². The molecule has 0 fully saturated rings. The van der Waals surface area contributed by atoms with Gasteiger partial charge in [-0.05, 0) is 30.7 Å². The van der Waals surface area contributed by atoms with Gasteiger partial charge in [-0.2, -0.15) is 0 Å². The predicted octanol–water partition coefficient (Wildman–Crippen LogP) is 1.92. The molecule has 0 radical (unpaired) electrons. The van der Waals surface area contributed by atoms with Crippen LogP contribution < -0.4 is 5.73 Å². The van der Waals surface area contributed by atoms with Gasteiger partial charge in [-0.1, -0.05) is 12.7 Å². The average Bonchev–Trinajstić information content (AvgIpc) is 2.12. The van der Waals surface area contributed by atoms with Gasteiger partial charge in [0.05, 0.1) is 5.56 Å². The van der Waals surface area contributed by atoms with Crippen molar-refractivity contribution in [3.63, 3.8) is 0 Å². The average molecular weight is 191 g/mol. The van der Waals surface area contributed by atoms with Gasteiger partial charge in [0, 0.05) is 5.69 Å². The van der Waals surface area contributed by atoms with E-state index in [9.17, 15) is 4.79 Å². The number of rotatable bonds is 3. The highest BCUT2D eigenvalue weighted by Crippen LogP contribution is 2.12. The van der Waals surface area contributed by atoms with E-state index >= 15 is 0 Å². The predicted molar refractivity (Wildman–Crippen MR) is 56.1 cm³/mol. The fraction of sp³-hybridized carbons (Fsp3) is 0.182. The van der Waals surface area contributed by atoms with E-state index < -0.39 is 0 Å². The molecular formula is C11H13NO2. The Morgan fingerprint density at radius 1 is 1.57 bits per heavy atom. The Balaban J connectivity index is 2.84. The molecule has 0 aliphatic rings. The molecule has 0 heterocycles. The first-order chi connectivity index (χ1) is 6.63. The third-order valence-electron chi connectivity index (χ3n) is 1.67. The maximum absolute atomic E-state index is 11.4. The summed E-state index contributed by atoms with van der Waals surface area (Å²) in [5.74, 6) is -0.375. The molecule has 0 atom stereocenters. The molecule has 74 valence electrons. The molecule has 1 aromatic carbocycles. The minimum Gasteiger partial charge on any atom is -0.458 e. The van der Waals surface area contributed by atoms with Crippen LogP contribution in [0, 0.1) is 6.92 Å². The highest BCUT2D eigenvalue weighted by Gasteiger charge is 2.06. The number of hydrogen-bond acceptors (Lipinski definition) is 3. The van der Waals surface area contributed by atoms with Gasteiger partial charge < -0.3 is 10.5 Å². The van der Waals surface area contributed by atoms with Gasteiger partial charge in [-0.15, -0.1) is 0 Å². The monoisotopic (exact) mass is 191 g/mol. The molecule has 0 bridgehead atoms. The first kappa shape index (κ1) is 10.3. The van der Waals surface area contributed by atoms with Crippen molar-refractivity contribution in [2.75, 3.05) is 12.3 Å².